The van der Waals surface area contributed by atoms with Gasteiger partial charge in [-0.05, 0) is 54.4 Å². The molecule has 0 spiro atoms. The van der Waals surface area contributed by atoms with Crippen LogP contribution in [-0.2, 0) is 4.79 Å². The Hall–Kier alpha value is -1.84. The number of hydrogen-bond acceptors (Lipinski definition) is 3. The highest BCUT2D eigenvalue weighted by Gasteiger charge is 2.54. The topological polar surface area (TPSA) is 44.7 Å². The summed E-state index contributed by atoms with van der Waals surface area (Å²) in [5.41, 5.74) is 2.43. The number of unbranched alkanes of at least 4 members (excludes halogenated alkanes) is 2. The van der Waals surface area contributed by atoms with Crippen LogP contribution in [0.1, 0.15) is 77.3 Å². The Bertz CT molecular complexity index is 740. The van der Waals surface area contributed by atoms with Crippen LogP contribution >= 0.6 is 0 Å². The maximum Gasteiger partial charge on any atom is 0.267 e. The van der Waals surface area contributed by atoms with Crippen LogP contribution in [-0.4, -0.2) is 29.7 Å². The zero-order valence-corrected chi connectivity index (χ0v) is 18.4. The second-order valence-corrected chi connectivity index (χ2v) is 9.96. The molecule has 3 aliphatic carbocycles. The molecule has 2 bridgehead atoms. The van der Waals surface area contributed by atoms with Crippen molar-refractivity contribution in [3.8, 4) is 0 Å². The van der Waals surface area contributed by atoms with Gasteiger partial charge in [0.05, 0.1) is 6.04 Å². The van der Waals surface area contributed by atoms with Crippen LogP contribution in [0.25, 0.3) is 0 Å². The quantitative estimate of drug-likeness (QED) is 0.617. The minimum Gasteiger partial charge on any atom is -0.351 e. The highest BCUT2D eigenvalue weighted by atomic mass is 16.2. The van der Waals surface area contributed by atoms with Crippen LogP contribution in [0, 0.1) is 23.2 Å². The van der Waals surface area contributed by atoms with Crippen LogP contribution in [0.15, 0.2) is 35.4 Å². The molecule has 1 aliphatic heterocycles. The van der Waals surface area contributed by atoms with Gasteiger partial charge in [0.2, 0.25) is 0 Å². The van der Waals surface area contributed by atoms with Crippen molar-refractivity contribution in [3.05, 3.63) is 35.9 Å². The van der Waals surface area contributed by atoms with Gasteiger partial charge in [-0.15, -0.1) is 0 Å². The maximum atomic E-state index is 13.0. The molecule has 4 atom stereocenters. The van der Waals surface area contributed by atoms with E-state index in [0.717, 1.165) is 31.3 Å². The molecule has 3 unspecified atom stereocenters. The highest BCUT2D eigenvalue weighted by Crippen LogP contribution is 2.61. The molecule has 158 valence electrons. The van der Waals surface area contributed by atoms with E-state index in [2.05, 4.69) is 55.4 Å². The van der Waals surface area contributed by atoms with Gasteiger partial charge in [-0.1, -0.05) is 63.9 Å². The average molecular weight is 396 g/mol. The molecule has 1 amide bonds. The number of nitrogens with zero attached hydrogens (tertiary/aromatic N) is 2. The zero-order chi connectivity index (χ0) is 20.4. The third-order valence-corrected chi connectivity index (χ3v) is 7.96. The van der Waals surface area contributed by atoms with Crippen molar-refractivity contribution < 1.29 is 4.79 Å². The lowest BCUT2D eigenvalue weighted by Crippen LogP contribution is -2.54. The Morgan fingerprint density at radius 2 is 2.00 bits per heavy atom. The third kappa shape index (κ3) is 4.08. The van der Waals surface area contributed by atoms with E-state index >= 15 is 0 Å². The summed E-state index contributed by atoms with van der Waals surface area (Å²) in [5.74, 6) is 2.35. The van der Waals surface area contributed by atoms with Gasteiger partial charge >= 0.3 is 0 Å². The first-order valence-corrected chi connectivity index (χ1v) is 11.7. The molecule has 0 aromatic heterocycles. The number of amides is 1. The van der Waals surface area contributed by atoms with Crippen LogP contribution in [0.4, 0.5) is 0 Å². The van der Waals surface area contributed by atoms with Crippen LogP contribution in [0.5, 0.6) is 0 Å². The molecule has 1 N–H and O–H groups in total. The summed E-state index contributed by atoms with van der Waals surface area (Å²) < 4.78 is 0. The number of carbonyl (C=O) groups excluding carboxylic acids is 1. The Morgan fingerprint density at radius 3 is 2.69 bits per heavy atom. The van der Waals surface area contributed by atoms with Gasteiger partial charge in [0.25, 0.3) is 5.91 Å². The van der Waals surface area contributed by atoms with E-state index in [4.69, 9.17) is 5.10 Å². The normalized spacial score (nSPS) is 29.9. The van der Waals surface area contributed by atoms with E-state index in [1.165, 1.54) is 37.7 Å². The van der Waals surface area contributed by atoms with Crippen molar-refractivity contribution in [2.45, 2.75) is 71.8 Å². The number of benzene rings is 1. The number of nitrogens with one attached hydrogen (secondary N) is 1. The molecule has 1 aromatic rings. The predicted molar refractivity (Wildman–Crippen MR) is 119 cm³/mol. The number of hydrogen-bond donors (Lipinski definition) is 1. The molecule has 29 heavy (non-hydrogen) atoms. The van der Waals surface area contributed by atoms with E-state index < -0.39 is 0 Å². The first-order valence-electron chi connectivity index (χ1n) is 11.7. The smallest absolute Gasteiger partial charge is 0.267 e. The molecular formula is C25H37N3O. The Balaban J connectivity index is 1.37. The van der Waals surface area contributed by atoms with Crippen molar-refractivity contribution in [1.82, 2.24) is 10.3 Å². The summed E-state index contributed by atoms with van der Waals surface area (Å²) in [4.78, 5) is 13.0. The van der Waals surface area contributed by atoms with Crippen molar-refractivity contribution in [3.63, 3.8) is 0 Å². The molecule has 3 saturated carbocycles. The van der Waals surface area contributed by atoms with E-state index in [9.17, 15) is 4.79 Å². The van der Waals surface area contributed by atoms with Crippen molar-refractivity contribution >= 4 is 11.6 Å². The monoisotopic (exact) mass is 395 g/mol. The zero-order valence-electron chi connectivity index (χ0n) is 18.4. The summed E-state index contributed by atoms with van der Waals surface area (Å²) in [6, 6.07) is 10.7. The fourth-order valence-corrected chi connectivity index (χ4v) is 5.92. The maximum absolute atomic E-state index is 13.0. The third-order valence-electron chi connectivity index (χ3n) is 7.96. The highest BCUT2D eigenvalue weighted by molar-refractivity contribution is 6.39. The molecule has 1 aromatic carbocycles. The first-order chi connectivity index (χ1) is 14.0. The standard InChI is InChI=1S/C25H37N3O/c1-4-5-9-14-28-23(18-10-7-6-8-11-18)16-22(27-28)24(29)26-17-19-12-13-20-15-21(19)25(20,2)3/h6-8,10-11,19-21,23H,4-5,9,12-17H2,1-3H3,(H,26,29)/t19-,20?,21?,23?/m0/s1. The van der Waals surface area contributed by atoms with Crippen molar-refractivity contribution in [1.29, 1.82) is 0 Å². The number of rotatable bonds is 8. The van der Waals surface area contributed by atoms with Crippen molar-refractivity contribution in [2.24, 2.45) is 28.3 Å². The summed E-state index contributed by atoms with van der Waals surface area (Å²) in [5, 5.41) is 10.2. The lowest BCUT2D eigenvalue weighted by atomic mass is 9.45. The Morgan fingerprint density at radius 1 is 1.21 bits per heavy atom. The SMILES string of the molecule is CCCCCN1N=C(C(=O)NC[C@@H]2CCC3CC2C3(C)C)CC1c1ccccc1. The van der Waals surface area contributed by atoms with Crippen LogP contribution < -0.4 is 5.32 Å². The van der Waals surface area contributed by atoms with Gasteiger partial charge in [-0.3, -0.25) is 9.80 Å². The largest absolute Gasteiger partial charge is 0.351 e. The minimum absolute atomic E-state index is 0.0446. The van der Waals surface area contributed by atoms with Crippen molar-refractivity contribution in [2.75, 3.05) is 13.1 Å². The minimum atomic E-state index is 0.0446. The Labute approximate surface area is 176 Å². The number of carbonyl (C=O) groups is 1. The molecule has 5 rings (SSSR count). The molecule has 0 saturated heterocycles. The van der Waals surface area contributed by atoms with Gasteiger partial charge in [0.1, 0.15) is 5.71 Å². The van der Waals surface area contributed by atoms with Gasteiger partial charge < -0.3 is 5.32 Å². The molecule has 4 aliphatic rings. The molecule has 3 fully saturated rings. The lowest BCUT2D eigenvalue weighted by molar-refractivity contribution is -0.119. The molecule has 4 nitrogen and oxygen atoms in total. The molecular weight excluding hydrogens is 358 g/mol. The molecule has 4 heteroatoms. The average Bonchev–Trinajstić information content (AvgIpc) is 3.17. The molecule has 1 heterocycles. The summed E-state index contributed by atoms with van der Waals surface area (Å²) in [6.07, 6.45) is 8.18. The lowest BCUT2D eigenvalue weighted by Gasteiger charge is -2.60. The van der Waals surface area contributed by atoms with Gasteiger partial charge in [-0.25, -0.2) is 0 Å². The van der Waals surface area contributed by atoms with E-state index in [-0.39, 0.29) is 11.9 Å². The van der Waals surface area contributed by atoms with E-state index in [0.29, 0.717) is 23.5 Å². The molecule has 0 radical (unpaired) electrons. The van der Waals surface area contributed by atoms with Gasteiger partial charge in [0, 0.05) is 19.5 Å². The number of fused-ring (bicyclic) bond motifs is 2. The van der Waals surface area contributed by atoms with Gasteiger partial charge in [0.15, 0.2) is 0 Å². The van der Waals surface area contributed by atoms with Gasteiger partial charge in [-0.2, -0.15) is 5.10 Å². The fourth-order valence-electron chi connectivity index (χ4n) is 5.92. The Kier molecular flexibility index (Phi) is 5.98. The fraction of sp³-hybridized carbons (Fsp3) is 0.680. The summed E-state index contributed by atoms with van der Waals surface area (Å²) in [6.45, 7) is 8.78. The second-order valence-electron chi connectivity index (χ2n) is 9.96. The van der Waals surface area contributed by atoms with Crippen LogP contribution in [0.3, 0.4) is 0 Å². The first kappa shape index (κ1) is 20.4. The second kappa shape index (κ2) is 8.49. The van der Waals surface area contributed by atoms with Crippen LogP contribution in [0.2, 0.25) is 0 Å². The summed E-state index contributed by atoms with van der Waals surface area (Å²) in [7, 11) is 0. The van der Waals surface area contributed by atoms with E-state index in [1.807, 2.05) is 6.07 Å². The number of hydrazone groups is 1. The predicted octanol–water partition coefficient (Wildman–Crippen LogP) is 5.17. The summed E-state index contributed by atoms with van der Waals surface area (Å²) >= 11 is 0. The van der Waals surface area contributed by atoms with E-state index in [1.54, 1.807) is 0 Å².